The minimum atomic E-state index is -0.430. The number of hydrogen-bond acceptors (Lipinski definition) is 2. The van der Waals surface area contributed by atoms with Crippen molar-refractivity contribution in [2.75, 3.05) is 0 Å². The lowest BCUT2D eigenvalue weighted by molar-refractivity contribution is -0.115. The molecule has 0 aliphatic heterocycles. The van der Waals surface area contributed by atoms with Gasteiger partial charge in [0.1, 0.15) is 0 Å². The molecule has 1 rings (SSSR count). The molecular formula is C12H13ClO2. The van der Waals surface area contributed by atoms with E-state index in [2.05, 4.69) is 0 Å². The molecule has 2 nitrogen and oxygen atoms in total. The zero-order valence-corrected chi connectivity index (χ0v) is 9.54. The van der Waals surface area contributed by atoms with Crippen molar-refractivity contribution < 1.29 is 9.59 Å². The van der Waals surface area contributed by atoms with Gasteiger partial charge < -0.3 is 0 Å². The summed E-state index contributed by atoms with van der Waals surface area (Å²) in [7, 11) is 0. The number of halogens is 1. The normalized spacial score (nSPS) is 10.4. The SMILES string of the molecule is CC(C)CC(=O)C(=O)c1ccc(Cl)cc1. The van der Waals surface area contributed by atoms with Gasteiger partial charge in [-0.1, -0.05) is 25.4 Å². The molecule has 0 aliphatic rings. The van der Waals surface area contributed by atoms with Crippen LogP contribution in [-0.2, 0) is 4.79 Å². The molecule has 1 aromatic carbocycles. The Hall–Kier alpha value is -1.15. The van der Waals surface area contributed by atoms with Gasteiger partial charge in [-0.3, -0.25) is 9.59 Å². The summed E-state index contributed by atoms with van der Waals surface area (Å²) in [5.74, 6) is -0.568. The van der Waals surface area contributed by atoms with Crippen LogP contribution in [0.3, 0.4) is 0 Å². The van der Waals surface area contributed by atoms with E-state index >= 15 is 0 Å². The summed E-state index contributed by atoms with van der Waals surface area (Å²) < 4.78 is 0. The summed E-state index contributed by atoms with van der Waals surface area (Å²) in [5, 5.41) is 0.558. The van der Waals surface area contributed by atoms with Crippen molar-refractivity contribution >= 4 is 23.2 Å². The maximum Gasteiger partial charge on any atom is 0.228 e. The molecule has 1 aromatic rings. The van der Waals surface area contributed by atoms with Crippen LogP contribution in [0.25, 0.3) is 0 Å². The summed E-state index contributed by atoms with van der Waals surface area (Å²) in [6.45, 7) is 3.82. The molecule has 0 saturated carbocycles. The molecule has 0 aromatic heterocycles. The summed E-state index contributed by atoms with van der Waals surface area (Å²) in [4.78, 5) is 23.1. The van der Waals surface area contributed by atoms with E-state index in [4.69, 9.17) is 11.6 Å². The molecule has 0 saturated heterocycles. The molecule has 0 atom stereocenters. The maximum absolute atomic E-state index is 11.6. The molecule has 0 heterocycles. The van der Waals surface area contributed by atoms with E-state index in [1.165, 1.54) is 0 Å². The first-order valence-electron chi connectivity index (χ1n) is 4.84. The Morgan fingerprint density at radius 3 is 2.20 bits per heavy atom. The highest BCUT2D eigenvalue weighted by molar-refractivity contribution is 6.43. The maximum atomic E-state index is 11.6. The monoisotopic (exact) mass is 224 g/mol. The van der Waals surface area contributed by atoms with E-state index in [0.717, 1.165) is 0 Å². The van der Waals surface area contributed by atoms with Crippen molar-refractivity contribution in [1.82, 2.24) is 0 Å². The molecule has 0 bridgehead atoms. The number of benzene rings is 1. The van der Waals surface area contributed by atoms with Crippen molar-refractivity contribution in [3.63, 3.8) is 0 Å². The van der Waals surface area contributed by atoms with Crippen LogP contribution in [0.15, 0.2) is 24.3 Å². The summed E-state index contributed by atoms with van der Waals surface area (Å²) in [6, 6.07) is 6.36. The molecule has 0 fully saturated rings. The van der Waals surface area contributed by atoms with E-state index in [0.29, 0.717) is 17.0 Å². The van der Waals surface area contributed by atoms with E-state index in [1.807, 2.05) is 13.8 Å². The fraction of sp³-hybridized carbons (Fsp3) is 0.333. The number of hydrogen-bond donors (Lipinski definition) is 0. The molecule has 80 valence electrons. The quantitative estimate of drug-likeness (QED) is 0.582. The fourth-order valence-corrected chi connectivity index (χ4v) is 1.35. The second-order valence-corrected chi connectivity index (χ2v) is 4.29. The highest BCUT2D eigenvalue weighted by atomic mass is 35.5. The van der Waals surface area contributed by atoms with Crippen molar-refractivity contribution in [3.8, 4) is 0 Å². The van der Waals surface area contributed by atoms with Crippen LogP contribution in [0.5, 0.6) is 0 Å². The van der Waals surface area contributed by atoms with Gasteiger partial charge in [0.15, 0.2) is 0 Å². The number of Topliss-reactive ketones (excluding diaryl/α,β-unsaturated/α-hetero) is 2. The van der Waals surface area contributed by atoms with Crippen molar-refractivity contribution in [2.45, 2.75) is 20.3 Å². The first-order valence-corrected chi connectivity index (χ1v) is 5.21. The van der Waals surface area contributed by atoms with Crippen molar-refractivity contribution in [1.29, 1.82) is 0 Å². The number of carbonyl (C=O) groups excluding carboxylic acids is 2. The van der Waals surface area contributed by atoms with Gasteiger partial charge in [0.25, 0.3) is 0 Å². The Morgan fingerprint density at radius 2 is 1.73 bits per heavy atom. The first kappa shape index (κ1) is 11.9. The summed E-state index contributed by atoms with van der Waals surface area (Å²) in [5.41, 5.74) is 0.407. The van der Waals surface area contributed by atoms with E-state index < -0.39 is 5.78 Å². The van der Waals surface area contributed by atoms with Gasteiger partial charge in [0, 0.05) is 17.0 Å². The molecule has 0 aliphatic carbocycles. The highest BCUT2D eigenvalue weighted by Gasteiger charge is 2.16. The zero-order chi connectivity index (χ0) is 11.4. The number of ketones is 2. The van der Waals surface area contributed by atoms with Gasteiger partial charge in [0.05, 0.1) is 0 Å². The van der Waals surface area contributed by atoms with Crippen LogP contribution in [0.1, 0.15) is 30.6 Å². The molecular weight excluding hydrogens is 212 g/mol. The second-order valence-electron chi connectivity index (χ2n) is 3.86. The first-order chi connectivity index (χ1) is 7.00. The van der Waals surface area contributed by atoms with Crippen molar-refractivity contribution in [2.24, 2.45) is 5.92 Å². The smallest absolute Gasteiger partial charge is 0.228 e. The lowest BCUT2D eigenvalue weighted by Gasteiger charge is -2.03. The standard InChI is InChI=1S/C12H13ClO2/c1-8(2)7-11(14)12(15)9-3-5-10(13)6-4-9/h3-6,8H,7H2,1-2H3. The lowest BCUT2D eigenvalue weighted by atomic mass is 10.0. The predicted molar refractivity (Wildman–Crippen MR) is 60.2 cm³/mol. The molecule has 0 radical (unpaired) electrons. The van der Waals surface area contributed by atoms with Crippen LogP contribution in [0, 0.1) is 5.92 Å². The van der Waals surface area contributed by atoms with Crippen LogP contribution in [-0.4, -0.2) is 11.6 Å². The Bertz CT molecular complexity index is 366. The topological polar surface area (TPSA) is 34.1 Å². The highest BCUT2D eigenvalue weighted by Crippen LogP contribution is 2.12. The van der Waals surface area contributed by atoms with E-state index in [-0.39, 0.29) is 11.7 Å². The minimum absolute atomic E-state index is 0.203. The van der Waals surface area contributed by atoms with E-state index in [1.54, 1.807) is 24.3 Å². The van der Waals surface area contributed by atoms with Gasteiger partial charge in [-0.05, 0) is 30.2 Å². The average Bonchev–Trinajstić information content (AvgIpc) is 2.17. The van der Waals surface area contributed by atoms with Gasteiger partial charge in [0.2, 0.25) is 11.6 Å². The molecule has 0 N–H and O–H groups in total. The Balaban J connectivity index is 2.76. The van der Waals surface area contributed by atoms with Gasteiger partial charge in [-0.15, -0.1) is 0 Å². The van der Waals surface area contributed by atoms with Crippen LogP contribution >= 0.6 is 11.6 Å². The van der Waals surface area contributed by atoms with E-state index in [9.17, 15) is 9.59 Å². The third-order valence-electron chi connectivity index (χ3n) is 1.95. The number of carbonyl (C=O) groups is 2. The van der Waals surface area contributed by atoms with Crippen LogP contribution in [0.4, 0.5) is 0 Å². The van der Waals surface area contributed by atoms with Crippen LogP contribution < -0.4 is 0 Å². The van der Waals surface area contributed by atoms with Crippen LogP contribution in [0.2, 0.25) is 5.02 Å². The molecule has 0 amide bonds. The average molecular weight is 225 g/mol. The lowest BCUT2D eigenvalue weighted by Crippen LogP contribution is -2.15. The van der Waals surface area contributed by atoms with Crippen molar-refractivity contribution in [3.05, 3.63) is 34.9 Å². The zero-order valence-electron chi connectivity index (χ0n) is 8.79. The van der Waals surface area contributed by atoms with Gasteiger partial charge in [-0.2, -0.15) is 0 Å². The van der Waals surface area contributed by atoms with Gasteiger partial charge >= 0.3 is 0 Å². The molecule has 15 heavy (non-hydrogen) atoms. The Labute approximate surface area is 94.2 Å². The minimum Gasteiger partial charge on any atom is -0.290 e. The third kappa shape index (κ3) is 3.48. The Morgan fingerprint density at radius 1 is 1.20 bits per heavy atom. The second kappa shape index (κ2) is 5.08. The molecule has 3 heteroatoms. The third-order valence-corrected chi connectivity index (χ3v) is 2.21. The Kier molecular flexibility index (Phi) is 4.04. The molecule has 0 spiro atoms. The molecule has 0 unspecified atom stereocenters. The summed E-state index contributed by atoms with van der Waals surface area (Å²) in [6.07, 6.45) is 0.293. The largest absolute Gasteiger partial charge is 0.290 e. The number of rotatable bonds is 4. The fourth-order valence-electron chi connectivity index (χ4n) is 1.23. The summed E-state index contributed by atoms with van der Waals surface area (Å²) >= 11 is 5.68. The van der Waals surface area contributed by atoms with Gasteiger partial charge in [-0.25, -0.2) is 0 Å². The predicted octanol–water partition coefficient (Wildman–Crippen LogP) is 3.14.